The topological polar surface area (TPSA) is 58.3 Å². The van der Waals surface area contributed by atoms with Crippen LogP contribution in [0.15, 0.2) is 24.3 Å². The third kappa shape index (κ3) is 2.41. The highest BCUT2D eigenvalue weighted by molar-refractivity contribution is 5.90. The van der Waals surface area contributed by atoms with Gasteiger partial charge in [-0.2, -0.15) is 4.98 Å². The predicted molar refractivity (Wildman–Crippen MR) is 82.9 cm³/mol. The van der Waals surface area contributed by atoms with Crippen molar-refractivity contribution in [2.75, 3.05) is 37.3 Å². The molecule has 1 aromatic heterocycles. The molecule has 2 aromatic rings. The minimum atomic E-state index is 0.350. The van der Waals surface area contributed by atoms with Crippen LogP contribution >= 0.6 is 0 Å². The molecule has 5 nitrogen and oxygen atoms in total. The van der Waals surface area contributed by atoms with Crippen molar-refractivity contribution in [1.82, 2.24) is 14.9 Å². The van der Waals surface area contributed by atoms with Crippen LogP contribution in [0.2, 0.25) is 0 Å². The summed E-state index contributed by atoms with van der Waals surface area (Å²) in [6, 6.07) is 8.50. The van der Waals surface area contributed by atoms with Crippen molar-refractivity contribution < 1.29 is 0 Å². The standard InChI is InChI=1S/C15H21N5/c1-11-10-19(2)8-5-9-20(11)14-12-6-3-4-7-13(12)17-15(16)18-14/h3-4,6-7,11H,5,8-10H2,1-2H3,(H2,16,17,18). The second-order valence-electron chi connectivity index (χ2n) is 5.58. The smallest absolute Gasteiger partial charge is 0.222 e. The van der Waals surface area contributed by atoms with Crippen molar-refractivity contribution in [2.24, 2.45) is 0 Å². The Bertz CT molecular complexity index is 612. The van der Waals surface area contributed by atoms with Crippen molar-refractivity contribution in [1.29, 1.82) is 0 Å². The first-order chi connectivity index (χ1) is 9.65. The number of fused-ring (bicyclic) bond motifs is 1. The molecule has 0 saturated carbocycles. The average molecular weight is 271 g/mol. The molecule has 0 amide bonds. The Morgan fingerprint density at radius 1 is 1.20 bits per heavy atom. The molecule has 1 fully saturated rings. The summed E-state index contributed by atoms with van der Waals surface area (Å²) in [6.45, 7) is 5.42. The van der Waals surface area contributed by atoms with Gasteiger partial charge in [0.25, 0.3) is 0 Å². The van der Waals surface area contributed by atoms with E-state index in [1.54, 1.807) is 0 Å². The van der Waals surface area contributed by atoms with Gasteiger partial charge in [0.15, 0.2) is 0 Å². The number of hydrogen-bond donors (Lipinski definition) is 1. The van der Waals surface area contributed by atoms with Crippen LogP contribution in [0.4, 0.5) is 11.8 Å². The van der Waals surface area contributed by atoms with Gasteiger partial charge in [0, 0.05) is 24.5 Å². The monoisotopic (exact) mass is 271 g/mol. The zero-order valence-corrected chi connectivity index (χ0v) is 12.1. The Kier molecular flexibility index (Phi) is 3.44. The van der Waals surface area contributed by atoms with Crippen LogP contribution in [0.25, 0.3) is 10.9 Å². The molecular weight excluding hydrogens is 250 g/mol. The maximum Gasteiger partial charge on any atom is 0.222 e. The second kappa shape index (κ2) is 5.25. The maximum atomic E-state index is 5.88. The number of nitrogens with zero attached hydrogens (tertiary/aromatic N) is 4. The van der Waals surface area contributed by atoms with Gasteiger partial charge in [0.05, 0.1) is 5.52 Å². The molecule has 0 aliphatic carbocycles. The van der Waals surface area contributed by atoms with Crippen molar-refractivity contribution in [3.8, 4) is 0 Å². The first kappa shape index (κ1) is 13.1. The van der Waals surface area contributed by atoms with Crippen molar-refractivity contribution in [2.45, 2.75) is 19.4 Å². The minimum Gasteiger partial charge on any atom is -0.368 e. The first-order valence-corrected chi connectivity index (χ1v) is 7.12. The number of aromatic nitrogens is 2. The third-order valence-electron chi connectivity index (χ3n) is 3.92. The Morgan fingerprint density at radius 2 is 2.00 bits per heavy atom. The number of nitrogen functional groups attached to an aromatic ring is 1. The van der Waals surface area contributed by atoms with E-state index in [2.05, 4.69) is 39.8 Å². The van der Waals surface area contributed by atoms with Crippen molar-refractivity contribution >= 4 is 22.7 Å². The van der Waals surface area contributed by atoms with Crippen molar-refractivity contribution in [3.63, 3.8) is 0 Å². The van der Waals surface area contributed by atoms with Crippen LogP contribution in [0.1, 0.15) is 13.3 Å². The van der Waals surface area contributed by atoms with Gasteiger partial charge < -0.3 is 15.5 Å². The van der Waals surface area contributed by atoms with Crippen LogP contribution in [0, 0.1) is 0 Å². The van der Waals surface area contributed by atoms with Crippen LogP contribution in [0.3, 0.4) is 0 Å². The molecule has 3 rings (SSSR count). The number of nitrogens with two attached hydrogens (primary N) is 1. The molecule has 0 bridgehead atoms. The van der Waals surface area contributed by atoms with E-state index in [0.717, 1.165) is 42.8 Å². The number of rotatable bonds is 1. The molecule has 1 aliphatic heterocycles. The highest BCUT2D eigenvalue weighted by Crippen LogP contribution is 2.27. The van der Waals surface area contributed by atoms with E-state index in [0.29, 0.717) is 12.0 Å². The molecule has 1 aromatic carbocycles. The SMILES string of the molecule is CC1CN(C)CCCN1c1nc(N)nc2ccccc12. The summed E-state index contributed by atoms with van der Waals surface area (Å²) in [6.07, 6.45) is 1.14. The molecule has 0 spiro atoms. The predicted octanol–water partition coefficient (Wildman–Crippen LogP) is 1.74. The van der Waals surface area contributed by atoms with Crippen LogP contribution in [-0.2, 0) is 0 Å². The van der Waals surface area contributed by atoms with Gasteiger partial charge in [-0.15, -0.1) is 0 Å². The zero-order valence-electron chi connectivity index (χ0n) is 12.1. The molecule has 2 N–H and O–H groups in total. The van der Waals surface area contributed by atoms with Crippen LogP contribution in [0.5, 0.6) is 0 Å². The van der Waals surface area contributed by atoms with E-state index in [1.165, 1.54) is 0 Å². The van der Waals surface area contributed by atoms with Gasteiger partial charge in [-0.3, -0.25) is 0 Å². The molecular formula is C15H21N5. The molecule has 0 radical (unpaired) electrons. The lowest BCUT2D eigenvalue weighted by atomic mass is 10.2. The number of para-hydroxylation sites is 1. The van der Waals surface area contributed by atoms with Gasteiger partial charge in [-0.25, -0.2) is 4.98 Å². The number of benzene rings is 1. The Morgan fingerprint density at radius 3 is 2.85 bits per heavy atom. The fraction of sp³-hybridized carbons (Fsp3) is 0.467. The highest BCUT2D eigenvalue weighted by atomic mass is 15.3. The lowest BCUT2D eigenvalue weighted by Gasteiger charge is -2.30. The second-order valence-corrected chi connectivity index (χ2v) is 5.58. The van der Waals surface area contributed by atoms with E-state index in [4.69, 9.17) is 5.73 Å². The summed E-state index contributed by atoms with van der Waals surface area (Å²) in [4.78, 5) is 13.6. The molecule has 1 saturated heterocycles. The zero-order chi connectivity index (χ0) is 14.1. The molecule has 2 heterocycles. The molecule has 1 unspecified atom stereocenters. The van der Waals surface area contributed by atoms with E-state index in [9.17, 15) is 0 Å². The van der Waals surface area contributed by atoms with E-state index < -0.39 is 0 Å². The highest BCUT2D eigenvalue weighted by Gasteiger charge is 2.23. The Labute approximate surface area is 119 Å². The Balaban J connectivity index is 2.08. The largest absolute Gasteiger partial charge is 0.368 e. The van der Waals surface area contributed by atoms with Gasteiger partial charge in [0.1, 0.15) is 5.82 Å². The number of likely N-dealkylation sites (N-methyl/N-ethyl adjacent to an activating group) is 1. The molecule has 1 aliphatic rings. The molecule has 1 atom stereocenters. The summed E-state index contributed by atoms with van der Waals surface area (Å²) >= 11 is 0. The first-order valence-electron chi connectivity index (χ1n) is 7.12. The summed E-state index contributed by atoms with van der Waals surface area (Å²) < 4.78 is 0. The van der Waals surface area contributed by atoms with E-state index in [-0.39, 0.29) is 0 Å². The lowest BCUT2D eigenvalue weighted by molar-refractivity contribution is 0.337. The number of anilines is 2. The normalized spacial score (nSPS) is 21.1. The van der Waals surface area contributed by atoms with Gasteiger partial charge >= 0.3 is 0 Å². The van der Waals surface area contributed by atoms with Gasteiger partial charge in [-0.1, -0.05) is 12.1 Å². The summed E-state index contributed by atoms with van der Waals surface area (Å²) in [5, 5.41) is 1.08. The van der Waals surface area contributed by atoms with E-state index in [1.807, 2.05) is 18.2 Å². The molecule has 5 heteroatoms. The summed E-state index contributed by atoms with van der Waals surface area (Å²) in [7, 11) is 2.17. The molecule has 106 valence electrons. The maximum absolute atomic E-state index is 5.88. The third-order valence-corrected chi connectivity index (χ3v) is 3.92. The fourth-order valence-electron chi connectivity index (χ4n) is 2.98. The summed E-state index contributed by atoms with van der Waals surface area (Å²) in [5.74, 6) is 1.32. The lowest BCUT2D eigenvalue weighted by Crippen LogP contribution is -2.38. The fourth-order valence-corrected chi connectivity index (χ4v) is 2.98. The van der Waals surface area contributed by atoms with Crippen molar-refractivity contribution in [3.05, 3.63) is 24.3 Å². The minimum absolute atomic E-state index is 0.350. The number of hydrogen-bond acceptors (Lipinski definition) is 5. The average Bonchev–Trinajstić information content (AvgIpc) is 2.58. The van der Waals surface area contributed by atoms with Gasteiger partial charge in [0.2, 0.25) is 5.95 Å². The van der Waals surface area contributed by atoms with E-state index >= 15 is 0 Å². The molecule has 20 heavy (non-hydrogen) atoms. The quantitative estimate of drug-likeness (QED) is 0.856. The van der Waals surface area contributed by atoms with Crippen LogP contribution < -0.4 is 10.6 Å². The van der Waals surface area contributed by atoms with Crippen LogP contribution in [-0.4, -0.2) is 47.6 Å². The Hall–Kier alpha value is -1.88. The summed E-state index contributed by atoms with van der Waals surface area (Å²) in [5.41, 5.74) is 6.80. The van der Waals surface area contributed by atoms with Gasteiger partial charge in [-0.05, 0) is 39.1 Å².